The number of rotatable bonds is 6. The fraction of sp³-hybridized carbons (Fsp3) is 0.545. The van der Waals surface area contributed by atoms with Crippen LogP contribution in [0, 0.1) is 19.8 Å². The number of Topliss-reactive ketones (excluding diaryl/α,β-unsaturated/α-hetero) is 1. The lowest BCUT2D eigenvalue weighted by molar-refractivity contribution is -0.132. The van der Waals surface area contributed by atoms with Crippen molar-refractivity contribution in [1.82, 2.24) is 0 Å². The maximum Gasteiger partial charge on any atom is 0.508 e. The number of hydrogen-bond acceptors (Lipinski definition) is 6. The van der Waals surface area contributed by atoms with E-state index in [-0.39, 0.29) is 29.7 Å². The van der Waals surface area contributed by atoms with E-state index in [0.717, 1.165) is 24.0 Å². The van der Waals surface area contributed by atoms with Crippen molar-refractivity contribution in [3.63, 3.8) is 0 Å². The van der Waals surface area contributed by atoms with Crippen molar-refractivity contribution in [2.45, 2.75) is 65.1 Å². The normalized spacial score (nSPS) is 23.5. The molecule has 7 heteroatoms. The van der Waals surface area contributed by atoms with Gasteiger partial charge in [0.1, 0.15) is 24.2 Å². The molecular weight excluding hydrogens is 396 g/mol. The fourth-order valence-electron chi connectivity index (χ4n) is 3.68. The molecule has 0 saturated heterocycles. The summed E-state index contributed by atoms with van der Waals surface area (Å²) in [6, 6.07) is 3.59. The first-order valence-electron chi connectivity index (χ1n) is 10.1. The summed E-state index contributed by atoms with van der Waals surface area (Å²) in [6.45, 7) is 6.16. The maximum absolute atomic E-state index is 12.9. The number of carbonyl (C=O) groups excluding carboxylic acids is 2. The van der Waals surface area contributed by atoms with Crippen LogP contribution < -0.4 is 4.74 Å². The highest BCUT2D eigenvalue weighted by Gasteiger charge is 2.42. The molecule has 1 fully saturated rings. The molecule has 0 spiro atoms. The highest BCUT2D eigenvalue weighted by Crippen LogP contribution is 2.36. The molecule has 1 aliphatic heterocycles. The first kappa shape index (κ1) is 21.5. The number of hydrogen-bond donors (Lipinski definition) is 0. The number of ether oxygens (including phenoxy) is 4. The van der Waals surface area contributed by atoms with E-state index < -0.39 is 6.16 Å². The summed E-state index contributed by atoms with van der Waals surface area (Å²) in [5.41, 5.74) is 1.76. The van der Waals surface area contributed by atoms with E-state index in [0.29, 0.717) is 36.6 Å². The summed E-state index contributed by atoms with van der Waals surface area (Å²) in [6.07, 6.45) is 3.44. The molecule has 6 nitrogen and oxygen atoms in total. The summed E-state index contributed by atoms with van der Waals surface area (Å²) in [4.78, 5) is 24.6. The number of unbranched alkanes of at least 4 members (excludes halogenated alkanes) is 1. The zero-order chi connectivity index (χ0) is 21.0. The Morgan fingerprint density at radius 2 is 1.97 bits per heavy atom. The van der Waals surface area contributed by atoms with E-state index in [1.54, 1.807) is 12.1 Å². The van der Waals surface area contributed by atoms with Gasteiger partial charge < -0.3 is 18.9 Å². The number of ketones is 1. The van der Waals surface area contributed by atoms with Crippen molar-refractivity contribution in [3.8, 4) is 5.75 Å². The van der Waals surface area contributed by atoms with Gasteiger partial charge in [0.2, 0.25) is 11.5 Å². The second kappa shape index (κ2) is 9.53. The molecule has 1 heterocycles. The molecule has 0 N–H and O–H groups in total. The van der Waals surface area contributed by atoms with Crippen LogP contribution in [0.25, 0.3) is 0 Å². The lowest BCUT2D eigenvalue weighted by Gasteiger charge is -2.36. The summed E-state index contributed by atoms with van der Waals surface area (Å²) < 4.78 is 22.0. The average Bonchev–Trinajstić information content (AvgIpc) is 2.68. The van der Waals surface area contributed by atoms with E-state index in [2.05, 4.69) is 0 Å². The fourth-order valence-corrected chi connectivity index (χ4v) is 3.79. The Morgan fingerprint density at radius 1 is 1.24 bits per heavy atom. The molecule has 0 radical (unpaired) electrons. The molecule has 1 saturated carbocycles. The summed E-state index contributed by atoms with van der Waals surface area (Å²) in [5, 5.41) is 0.684. The zero-order valence-corrected chi connectivity index (χ0v) is 17.8. The Hall–Kier alpha value is -2.21. The molecule has 1 aromatic carbocycles. The van der Waals surface area contributed by atoms with Crippen LogP contribution in [0.2, 0.25) is 5.02 Å². The number of halogens is 1. The third kappa shape index (κ3) is 5.24. The Kier molecular flexibility index (Phi) is 7.06. The van der Waals surface area contributed by atoms with Gasteiger partial charge in [0.25, 0.3) is 0 Å². The largest absolute Gasteiger partial charge is 0.508 e. The Bertz CT molecular complexity index is 779. The first-order chi connectivity index (χ1) is 13.9. The quantitative estimate of drug-likeness (QED) is 0.459. The van der Waals surface area contributed by atoms with E-state index in [4.69, 9.17) is 30.5 Å². The van der Waals surface area contributed by atoms with Gasteiger partial charge in [-0.3, -0.25) is 4.79 Å². The van der Waals surface area contributed by atoms with Crippen LogP contribution in [-0.2, 0) is 19.0 Å². The van der Waals surface area contributed by atoms with E-state index >= 15 is 0 Å². The molecule has 0 aromatic heterocycles. The minimum absolute atomic E-state index is 0.0875. The predicted octanol–water partition coefficient (Wildman–Crippen LogP) is 5.27. The van der Waals surface area contributed by atoms with Gasteiger partial charge in [0.05, 0.1) is 12.5 Å². The van der Waals surface area contributed by atoms with Gasteiger partial charge in [-0.2, -0.15) is 0 Å². The molecule has 158 valence electrons. The van der Waals surface area contributed by atoms with Crippen LogP contribution in [0.3, 0.4) is 0 Å². The number of fused-ring (bicyclic) bond motifs is 1. The number of benzene rings is 1. The highest BCUT2D eigenvalue weighted by atomic mass is 35.5. The van der Waals surface area contributed by atoms with Crippen molar-refractivity contribution in [1.29, 1.82) is 0 Å². The third-order valence-corrected chi connectivity index (χ3v) is 5.89. The molecule has 1 aromatic rings. The Labute approximate surface area is 176 Å². The lowest BCUT2D eigenvalue weighted by Crippen LogP contribution is -2.43. The first-order valence-corrected chi connectivity index (χ1v) is 10.4. The van der Waals surface area contributed by atoms with Crippen molar-refractivity contribution in [3.05, 3.63) is 40.3 Å². The minimum Gasteiger partial charge on any atom is -0.493 e. The van der Waals surface area contributed by atoms with Crippen molar-refractivity contribution < 1.29 is 28.5 Å². The van der Waals surface area contributed by atoms with Gasteiger partial charge >= 0.3 is 6.16 Å². The minimum atomic E-state index is -0.655. The molecule has 0 amide bonds. The molecule has 3 rings (SSSR count). The van der Waals surface area contributed by atoms with Gasteiger partial charge in [0, 0.05) is 11.4 Å². The van der Waals surface area contributed by atoms with Crippen molar-refractivity contribution >= 4 is 23.5 Å². The third-order valence-electron chi connectivity index (χ3n) is 5.29. The molecule has 2 aliphatic rings. The Morgan fingerprint density at radius 3 is 2.66 bits per heavy atom. The van der Waals surface area contributed by atoms with Gasteiger partial charge in [-0.25, -0.2) is 4.79 Å². The van der Waals surface area contributed by atoms with Gasteiger partial charge in [-0.1, -0.05) is 24.9 Å². The van der Waals surface area contributed by atoms with Crippen LogP contribution in [-0.4, -0.2) is 30.8 Å². The van der Waals surface area contributed by atoms with Gasteiger partial charge in [-0.15, -0.1) is 0 Å². The van der Waals surface area contributed by atoms with Gasteiger partial charge in [0.15, 0.2) is 0 Å². The van der Waals surface area contributed by atoms with E-state index in [1.807, 2.05) is 20.8 Å². The molecule has 3 atom stereocenters. The summed E-state index contributed by atoms with van der Waals surface area (Å²) in [5.74, 6) is 0.347. The van der Waals surface area contributed by atoms with Crippen LogP contribution in [0.1, 0.15) is 50.2 Å². The topological polar surface area (TPSA) is 71.1 Å². The van der Waals surface area contributed by atoms with Crippen LogP contribution >= 0.6 is 11.6 Å². The second-order valence-electron chi connectivity index (χ2n) is 7.61. The summed E-state index contributed by atoms with van der Waals surface area (Å²) >= 11 is 6.19. The zero-order valence-electron chi connectivity index (χ0n) is 17.0. The molecule has 3 unspecified atom stereocenters. The van der Waals surface area contributed by atoms with Crippen LogP contribution in [0.4, 0.5) is 4.79 Å². The molecule has 29 heavy (non-hydrogen) atoms. The standard InChI is InChI=1S/C22H27ClO6/c1-4-5-8-26-22(25)29-15-6-7-17-18(11-15)27-12-19(21(17)24)28-16-9-13(2)20(23)14(3)10-16/h9-10,12,15,17-18H,4-8,11H2,1-3H3. The second-order valence-corrected chi connectivity index (χ2v) is 7.98. The van der Waals surface area contributed by atoms with Crippen molar-refractivity contribution in [2.75, 3.05) is 6.61 Å². The van der Waals surface area contributed by atoms with Gasteiger partial charge in [-0.05, 0) is 56.4 Å². The number of aryl methyl sites for hydroxylation is 2. The number of carbonyl (C=O) groups is 2. The molecule has 1 aliphatic carbocycles. The maximum atomic E-state index is 12.9. The van der Waals surface area contributed by atoms with Crippen LogP contribution in [0.15, 0.2) is 24.2 Å². The SMILES string of the molecule is CCCCOC(=O)OC1CCC2C(=O)C(Oc3cc(C)c(Cl)c(C)c3)=COC2C1. The van der Waals surface area contributed by atoms with Crippen molar-refractivity contribution in [2.24, 2.45) is 5.92 Å². The predicted molar refractivity (Wildman–Crippen MR) is 108 cm³/mol. The summed E-state index contributed by atoms with van der Waals surface area (Å²) in [7, 11) is 0. The molecular formula is C22H27ClO6. The highest BCUT2D eigenvalue weighted by molar-refractivity contribution is 6.32. The Balaban J connectivity index is 1.59. The number of allylic oxidation sites excluding steroid dienone is 1. The average molecular weight is 423 g/mol. The lowest BCUT2D eigenvalue weighted by atomic mass is 9.80. The van der Waals surface area contributed by atoms with E-state index in [1.165, 1.54) is 6.26 Å². The molecule has 0 bridgehead atoms. The van der Waals surface area contributed by atoms with E-state index in [9.17, 15) is 9.59 Å². The monoisotopic (exact) mass is 422 g/mol. The smallest absolute Gasteiger partial charge is 0.493 e. The van der Waals surface area contributed by atoms with Crippen LogP contribution in [0.5, 0.6) is 5.75 Å².